The number of aromatic amines is 1. The Morgan fingerprint density at radius 1 is 1.07 bits per heavy atom. The number of carbonyl (C=O) groups excluding carboxylic acids is 3. The first kappa shape index (κ1) is 21.6. The number of hydrogen-bond donors (Lipinski definition) is 2. The van der Waals surface area contributed by atoms with Gasteiger partial charge in [0.15, 0.2) is 6.61 Å². The molecule has 8 heteroatoms. The summed E-state index contributed by atoms with van der Waals surface area (Å²) in [5.74, 6) is -0.902. The molecule has 1 aromatic carbocycles. The molecule has 0 saturated carbocycles. The van der Waals surface area contributed by atoms with Gasteiger partial charge >= 0.3 is 11.9 Å². The molecule has 28 heavy (non-hydrogen) atoms. The molecule has 0 spiro atoms. The molecule has 0 atom stereocenters. The predicted octanol–water partition coefficient (Wildman–Crippen LogP) is 2.79. The van der Waals surface area contributed by atoms with E-state index >= 15 is 0 Å². The fraction of sp³-hybridized carbons (Fsp3) is 0.350. The average molecular weight is 404 g/mol. The summed E-state index contributed by atoms with van der Waals surface area (Å²) in [4.78, 5) is 39.8. The van der Waals surface area contributed by atoms with Crippen LogP contribution in [0.5, 0.6) is 0 Å². The molecule has 1 aromatic heterocycles. The molecule has 2 aromatic rings. The Labute approximate surface area is 168 Å². The minimum absolute atomic E-state index is 0.139. The van der Waals surface area contributed by atoms with Crippen molar-refractivity contribution in [2.75, 3.05) is 26.0 Å². The first-order valence-electron chi connectivity index (χ1n) is 8.74. The van der Waals surface area contributed by atoms with Crippen molar-refractivity contribution in [1.29, 1.82) is 0 Å². The quantitative estimate of drug-likeness (QED) is 0.399. The molecule has 0 aliphatic rings. The fourth-order valence-electron chi connectivity index (χ4n) is 2.61. The topological polar surface area (TPSA) is 97.5 Å². The first-order chi connectivity index (χ1) is 13.3. The van der Waals surface area contributed by atoms with E-state index in [1.807, 2.05) is 31.2 Å². The van der Waals surface area contributed by atoms with Crippen LogP contribution in [0.1, 0.15) is 37.7 Å². The van der Waals surface area contributed by atoms with Crippen LogP contribution in [0.25, 0.3) is 0 Å². The summed E-state index contributed by atoms with van der Waals surface area (Å²) in [6, 6.07) is 8.15. The smallest absolute Gasteiger partial charge is 0.355 e. The van der Waals surface area contributed by atoms with E-state index in [0.717, 1.165) is 4.90 Å². The molecule has 0 aliphatic carbocycles. The van der Waals surface area contributed by atoms with Gasteiger partial charge in [-0.15, -0.1) is 11.8 Å². The van der Waals surface area contributed by atoms with Gasteiger partial charge in [0.05, 0.1) is 12.7 Å². The minimum atomic E-state index is -0.695. The number of methoxy groups -OCH3 is 1. The van der Waals surface area contributed by atoms with Gasteiger partial charge in [0.1, 0.15) is 5.69 Å². The molecule has 1 amide bonds. The van der Waals surface area contributed by atoms with Crippen LogP contribution in [-0.4, -0.2) is 48.8 Å². The molecular weight excluding hydrogens is 380 g/mol. The zero-order valence-electron chi connectivity index (χ0n) is 16.4. The van der Waals surface area contributed by atoms with Gasteiger partial charge in [0.2, 0.25) is 0 Å². The lowest BCUT2D eigenvalue weighted by atomic mass is 10.1. The number of esters is 2. The van der Waals surface area contributed by atoms with Gasteiger partial charge in [-0.2, -0.15) is 0 Å². The van der Waals surface area contributed by atoms with Crippen molar-refractivity contribution in [3.63, 3.8) is 0 Å². The highest BCUT2D eigenvalue weighted by atomic mass is 32.2. The van der Waals surface area contributed by atoms with Crippen molar-refractivity contribution in [2.24, 2.45) is 0 Å². The molecule has 0 fully saturated rings. The van der Waals surface area contributed by atoms with Crippen molar-refractivity contribution >= 4 is 29.6 Å². The lowest BCUT2D eigenvalue weighted by molar-refractivity contribution is -0.124. The lowest BCUT2D eigenvalue weighted by Gasteiger charge is -2.07. The van der Waals surface area contributed by atoms with Gasteiger partial charge in [0, 0.05) is 22.9 Å². The van der Waals surface area contributed by atoms with E-state index in [9.17, 15) is 14.4 Å². The maximum Gasteiger partial charge on any atom is 0.355 e. The molecule has 1 heterocycles. The van der Waals surface area contributed by atoms with Gasteiger partial charge in [-0.05, 0) is 38.5 Å². The van der Waals surface area contributed by atoms with E-state index in [0.29, 0.717) is 29.1 Å². The maximum atomic E-state index is 12.2. The number of hydrogen-bond acceptors (Lipinski definition) is 6. The zero-order valence-corrected chi connectivity index (χ0v) is 17.2. The number of thioether (sulfide) groups is 1. The summed E-state index contributed by atoms with van der Waals surface area (Å²) >= 11 is 1.63. The van der Waals surface area contributed by atoms with Crippen LogP contribution in [0.2, 0.25) is 0 Å². The number of H-pyrrole nitrogens is 1. The Balaban J connectivity index is 1.77. The maximum absolute atomic E-state index is 12.2. The highest BCUT2D eigenvalue weighted by Gasteiger charge is 2.23. The lowest BCUT2D eigenvalue weighted by Crippen LogP contribution is -2.30. The van der Waals surface area contributed by atoms with Crippen LogP contribution in [0, 0.1) is 20.8 Å². The van der Waals surface area contributed by atoms with E-state index in [1.54, 1.807) is 25.6 Å². The van der Waals surface area contributed by atoms with Crippen LogP contribution in [0.4, 0.5) is 0 Å². The van der Waals surface area contributed by atoms with E-state index in [4.69, 9.17) is 9.47 Å². The predicted molar refractivity (Wildman–Crippen MR) is 107 cm³/mol. The molecule has 0 unspecified atom stereocenters. The van der Waals surface area contributed by atoms with E-state index in [1.165, 1.54) is 12.7 Å². The molecular formula is C20H24N2O5S. The number of benzene rings is 1. The summed E-state index contributed by atoms with van der Waals surface area (Å²) in [6.45, 7) is 5.38. The molecule has 7 nitrogen and oxygen atoms in total. The highest BCUT2D eigenvalue weighted by molar-refractivity contribution is 7.99. The minimum Gasteiger partial charge on any atom is -0.465 e. The summed E-state index contributed by atoms with van der Waals surface area (Å²) in [5, 5.41) is 2.71. The summed E-state index contributed by atoms with van der Waals surface area (Å²) in [6.07, 6.45) is 0. The van der Waals surface area contributed by atoms with Crippen molar-refractivity contribution in [3.8, 4) is 0 Å². The molecule has 2 rings (SSSR count). The molecule has 0 bridgehead atoms. The zero-order chi connectivity index (χ0) is 20.7. The second-order valence-electron chi connectivity index (χ2n) is 6.20. The van der Waals surface area contributed by atoms with E-state index in [-0.39, 0.29) is 18.2 Å². The molecule has 150 valence electrons. The second-order valence-corrected chi connectivity index (χ2v) is 7.37. The summed E-state index contributed by atoms with van der Waals surface area (Å²) in [5.41, 5.74) is 2.58. The third kappa shape index (κ3) is 5.63. The standard InChI is InChI=1S/C20H24N2O5S/c1-12-5-7-15(8-6-12)28-10-9-21-16(23)11-27-20(25)18-13(2)17(14(3)22-18)19(24)26-4/h5-8,22H,9-11H2,1-4H3,(H,21,23). The highest BCUT2D eigenvalue weighted by Crippen LogP contribution is 2.20. The van der Waals surface area contributed by atoms with Crippen LogP contribution < -0.4 is 5.32 Å². The largest absolute Gasteiger partial charge is 0.465 e. The van der Waals surface area contributed by atoms with Gasteiger partial charge in [-0.1, -0.05) is 17.7 Å². The van der Waals surface area contributed by atoms with E-state index in [2.05, 4.69) is 10.3 Å². The average Bonchev–Trinajstić information content (AvgIpc) is 2.98. The van der Waals surface area contributed by atoms with Gasteiger partial charge in [-0.25, -0.2) is 9.59 Å². The third-order valence-corrected chi connectivity index (χ3v) is 5.09. The Bertz CT molecular complexity index is 858. The monoisotopic (exact) mass is 404 g/mol. The molecule has 0 radical (unpaired) electrons. The number of rotatable bonds is 8. The number of aromatic nitrogens is 1. The Kier molecular flexibility index (Phi) is 7.69. The molecule has 0 aliphatic heterocycles. The second kappa shape index (κ2) is 9.98. The van der Waals surface area contributed by atoms with Crippen LogP contribution in [-0.2, 0) is 14.3 Å². The van der Waals surface area contributed by atoms with Gasteiger partial charge in [-0.3, -0.25) is 4.79 Å². The summed E-state index contributed by atoms with van der Waals surface area (Å²) < 4.78 is 9.74. The third-order valence-electron chi connectivity index (χ3n) is 4.08. The SMILES string of the molecule is COC(=O)c1c(C)[nH]c(C(=O)OCC(=O)NCCSc2ccc(C)cc2)c1C. The molecule has 2 N–H and O–H groups in total. The Morgan fingerprint density at radius 2 is 1.75 bits per heavy atom. The Morgan fingerprint density at radius 3 is 2.39 bits per heavy atom. The summed E-state index contributed by atoms with van der Waals surface area (Å²) in [7, 11) is 1.27. The Hall–Kier alpha value is -2.74. The number of aryl methyl sites for hydroxylation is 2. The van der Waals surface area contributed by atoms with Crippen molar-refractivity contribution in [2.45, 2.75) is 25.7 Å². The van der Waals surface area contributed by atoms with Gasteiger partial charge < -0.3 is 19.8 Å². The number of nitrogens with one attached hydrogen (secondary N) is 2. The fourth-order valence-corrected chi connectivity index (χ4v) is 3.38. The molecule has 0 saturated heterocycles. The normalized spacial score (nSPS) is 10.4. The van der Waals surface area contributed by atoms with Crippen molar-refractivity contribution in [3.05, 3.63) is 52.3 Å². The van der Waals surface area contributed by atoms with Crippen molar-refractivity contribution in [1.82, 2.24) is 10.3 Å². The van der Waals surface area contributed by atoms with Crippen molar-refractivity contribution < 1.29 is 23.9 Å². The van der Waals surface area contributed by atoms with Crippen LogP contribution in [0.15, 0.2) is 29.2 Å². The van der Waals surface area contributed by atoms with Gasteiger partial charge in [0.25, 0.3) is 5.91 Å². The van der Waals surface area contributed by atoms with E-state index < -0.39 is 11.9 Å². The number of ether oxygens (including phenoxy) is 2. The first-order valence-corrected chi connectivity index (χ1v) is 9.72. The number of amides is 1. The van der Waals surface area contributed by atoms with Crippen LogP contribution >= 0.6 is 11.8 Å². The van der Waals surface area contributed by atoms with Crippen LogP contribution in [0.3, 0.4) is 0 Å². The number of carbonyl (C=O) groups is 3.